The lowest BCUT2D eigenvalue weighted by Gasteiger charge is -2.32. The van der Waals surface area contributed by atoms with E-state index in [1.807, 2.05) is 6.07 Å². The van der Waals surface area contributed by atoms with Gasteiger partial charge < -0.3 is 4.98 Å². The number of fused-ring (bicyclic) bond motifs is 1. The molecule has 0 spiro atoms. The second kappa shape index (κ2) is 8.04. The number of halogens is 2. The van der Waals surface area contributed by atoms with Gasteiger partial charge in [0.1, 0.15) is 0 Å². The number of nitrogens with zero attached hydrogens (tertiary/aromatic N) is 1. The molecular formula is C26H24F2N2. The number of hydrogen-bond donors (Lipinski definition) is 1. The second-order valence-electron chi connectivity index (χ2n) is 8.08. The monoisotopic (exact) mass is 402 g/mol. The van der Waals surface area contributed by atoms with Crippen LogP contribution >= 0.6 is 0 Å². The van der Waals surface area contributed by atoms with Crippen molar-refractivity contribution in [3.63, 3.8) is 0 Å². The van der Waals surface area contributed by atoms with Crippen LogP contribution in [0.4, 0.5) is 8.78 Å². The van der Waals surface area contributed by atoms with Crippen LogP contribution in [0.5, 0.6) is 0 Å². The van der Waals surface area contributed by atoms with Crippen LogP contribution < -0.4 is 0 Å². The van der Waals surface area contributed by atoms with Gasteiger partial charge in [-0.1, -0.05) is 60.7 Å². The summed E-state index contributed by atoms with van der Waals surface area (Å²) >= 11 is 0. The third-order valence-corrected chi connectivity index (χ3v) is 6.27. The summed E-state index contributed by atoms with van der Waals surface area (Å²) in [6.45, 7) is 2.58. The van der Waals surface area contributed by atoms with Crippen molar-refractivity contribution < 1.29 is 8.78 Å². The minimum atomic E-state index is -0.749. The fourth-order valence-electron chi connectivity index (χ4n) is 4.68. The molecule has 0 saturated carbocycles. The Morgan fingerprint density at radius 1 is 0.833 bits per heavy atom. The third kappa shape index (κ3) is 3.52. The van der Waals surface area contributed by atoms with E-state index in [0.717, 1.165) is 43.7 Å². The first-order chi connectivity index (χ1) is 14.7. The van der Waals surface area contributed by atoms with Gasteiger partial charge in [0, 0.05) is 17.4 Å². The smallest absolute Gasteiger partial charge is 0.162 e. The largest absolute Gasteiger partial charge is 0.354 e. The van der Waals surface area contributed by atoms with Gasteiger partial charge in [-0.2, -0.15) is 0 Å². The molecule has 0 unspecified atom stereocenters. The van der Waals surface area contributed by atoms with Crippen LogP contribution in [-0.2, 0) is 6.54 Å². The van der Waals surface area contributed by atoms with Gasteiger partial charge in [-0.15, -0.1) is 0 Å². The molecule has 1 aromatic heterocycles. The topological polar surface area (TPSA) is 19.0 Å². The Kier molecular flexibility index (Phi) is 5.09. The molecule has 0 radical (unpaired) electrons. The van der Waals surface area contributed by atoms with E-state index in [4.69, 9.17) is 0 Å². The average Bonchev–Trinajstić information content (AvgIpc) is 3.15. The van der Waals surface area contributed by atoms with Gasteiger partial charge in [0.25, 0.3) is 0 Å². The zero-order chi connectivity index (χ0) is 20.5. The van der Waals surface area contributed by atoms with Crippen LogP contribution in [0.1, 0.15) is 29.9 Å². The van der Waals surface area contributed by atoms with Crippen molar-refractivity contribution in [1.82, 2.24) is 9.88 Å². The minimum Gasteiger partial charge on any atom is -0.354 e. The normalized spacial score (nSPS) is 15.7. The molecule has 3 aromatic carbocycles. The zero-order valence-corrected chi connectivity index (χ0v) is 16.7. The lowest BCUT2D eigenvalue weighted by atomic mass is 9.88. The molecule has 1 aliphatic rings. The number of nitrogens with one attached hydrogen (secondary N) is 1. The number of piperidine rings is 1. The van der Waals surface area contributed by atoms with E-state index in [1.54, 1.807) is 12.1 Å². The maximum absolute atomic E-state index is 14.2. The van der Waals surface area contributed by atoms with Crippen LogP contribution in [0.15, 0.2) is 72.8 Å². The quantitative estimate of drug-likeness (QED) is 0.413. The van der Waals surface area contributed by atoms with Crippen molar-refractivity contribution in [2.45, 2.75) is 25.3 Å². The summed E-state index contributed by atoms with van der Waals surface area (Å²) in [5.41, 5.74) is 5.30. The molecule has 0 bridgehead atoms. The second-order valence-corrected chi connectivity index (χ2v) is 8.08. The summed E-state index contributed by atoms with van der Waals surface area (Å²) in [4.78, 5) is 6.03. The van der Waals surface area contributed by atoms with E-state index in [9.17, 15) is 8.78 Å². The van der Waals surface area contributed by atoms with Gasteiger partial charge in [0.05, 0.1) is 5.69 Å². The molecule has 2 heterocycles. The number of rotatable bonds is 4. The number of para-hydroxylation sites is 1. The highest BCUT2D eigenvalue weighted by Gasteiger charge is 2.25. The summed E-state index contributed by atoms with van der Waals surface area (Å²) in [6, 6.07) is 23.4. The van der Waals surface area contributed by atoms with Crippen LogP contribution in [0.2, 0.25) is 0 Å². The molecule has 1 aliphatic heterocycles. The zero-order valence-electron chi connectivity index (χ0n) is 16.7. The maximum atomic E-state index is 14.2. The van der Waals surface area contributed by atoms with Crippen molar-refractivity contribution in [2.24, 2.45) is 0 Å². The third-order valence-electron chi connectivity index (χ3n) is 6.27. The molecule has 0 aliphatic carbocycles. The number of H-pyrrole nitrogens is 1. The van der Waals surface area contributed by atoms with E-state index in [2.05, 4.69) is 58.4 Å². The molecule has 5 rings (SSSR count). The van der Waals surface area contributed by atoms with Crippen molar-refractivity contribution in [3.05, 3.63) is 95.6 Å². The predicted octanol–water partition coefficient (Wildman–Crippen LogP) is 6.49. The summed E-state index contributed by atoms with van der Waals surface area (Å²) in [5, 5.41) is 1.25. The molecule has 1 N–H and O–H groups in total. The summed E-state index contributed by atoms with van der Waals surface area (Å²) < 4.78 is 27.8. The van der Waals surface area contributed by atoms with E-state index >= 15 is 0 Å². The van der Waals surface area contributed by atoms with Gasteiger partial charge in [0.2, 0.25) is 0 Å². The average molecular weight is 402 g/mol. The van der Waals surface area contributed by atoms with Gasteiger partial charge in [-0.25, -0.2) is 8.78 Å². The maximum Gasteiger partial charge on any atom is 0.162 e. The van der Waals surface area contributed by atoms with Gasteiger partial charge in [-0.3, -0.25) is 4.90 Å². The van der Waals surface area contributed by atoms with Gasteiger partial charge >= 0.3 is 0 Å². The summed E-state index contributed by atoms with van der Waals surface area (Å²) in [7, 11) is 0. The number of aromatic nitrogens is 1. The minimum absolute atomic E-state index is 0.0773. The van der Waals surface area contributed by atoms with Crippen LogP contribution in [0.25, 0.3) is 22.2 Å². The first-order valence-electron chi connectivity index (χ1n) is 10.5. The lowest BCUT2D eigenvalue weighted by Crippen LogP contribution is -2.32. The molecule has 4 heteroatoms. The van der Waals surface area contributed by atoms with Gasteiger partial charge in [0.15, 0.2) is 11.6 Å². The highest BCUT2D eigenvalue weighted by molar-refractivity contribution is 5.90. The Morgan fingerprint density at radius 2 is 1.57 bits per heavy atom. The molecule has 2 nitrogen and oxygen atoms in total. The standard InChI is InChI=1S/C26H24F2N2/c27-23-11-6-10-20(25(23)28)18-13-15-30(16-14-18)17-22-21-9-4-5-12-24(21)29-26(22)19-7-2-1-3-8-19/h1-12,18,29H,13-17H2. The van der Waals surface area contributed by atoms with E-state index in [0.29, 0.717) is 5.56 Å². The van der Waals surface area contributed by atoms with Crippen LogP contribution in [0, 0.1) is 11.6 Å². The number of hydrogen-bond acceptors (Lipinski definition) is 1. The first kappa shape index (κ1) is 19.0. The molecular weight excluding hydrogens is 378 g/mol. The molecule has 1 saturated heterocycles. The first-order valence-corrected chi connectivity index (χ1v) is 10.5. The number of benzene rings is 3. The Balaban J connectivity index is 1.39. The van der Waals surface area contributed by atoms with E-state index in [1.165, 1.54) is 22.6 Å². The Labute approximate surface area is 175 Å². The molecule has 4 aromatic rings. The molecule has 0 atom stereocenters. The van der Waals surface area contributed by atoms with Crippen molar-refractivity contribution >= 4 is 10.9 Å². The number of aromatic amines is 1. The molecule has 1 fully saturated rings. The van der Waals surface area contributed by atoms with E-state index < -0.39 is 11.6 Å². The Morgan fingerprint density at radius 3 is 2.37 bits per heavy atom. The van der Waals surface area contributed by atoms with Crippen LogP contribution in [0.3, 0.4) is 0 Å². The highest BCUT2D eigenvalue weighted by atomic mass is 19.2. The van der Waals surface area contributed by atoms with Crippen LogP contribution in [-0.4, -0.2) is 23.0 Å². The lowest BCUT2D eigenvalue weighted by molar-refractivity contribution is 0.203. The van der Waals surface area contributed by atoms with Gasteiger partial charge in [-0.05, 0) is 60.7 Å². The summed E-state index contributed by atoms with van der Waals surface area (Å²) in [6.07, 6.45) is 1.67. The summed E-state index contributed by atoms with van der Waals surface area (Å²) in [5.74, 6) is -1.35. The fourth-order valence-corrected chi connectivity index (χ4v) is 4.68. The molecule has 0 amide bonds. The van der Waals surface area contributed by atoms with Crippen molar-refractivity contribution in [2.75, 3.05) is 13.1 Å². The SMILES string of the molecule is Fc1cccc(C2CCN(Cc3c(-c4ccccc4)[nH]c4ccccc34)CC2)c1F. The molecule has 30 heavy (non-hydrogen) atoms. The Bertz CT molecular complexity index is 1160. The highest BCUT2D eigenvalue weighted by Crippen LogP contribution is 2.34. The van der Waals surface area contributed by atoms with Crippen molar-refractivity contribution in [3.8, 4) is 11.3 Å². The van der Waals surface area contributed by atoms with Crippen molar-refractivity contribution in [1.29, 1.82) is 0 Å². The fraction of sp³-hybridized carbons (Fsp3) is 0.231. The predicted molar refractivity (Wildman–Crippen MR) is 117 cm³/mol. The molecule has 152 valence electrons. The Hall–Kier alpha value is -2.98. The van der Waals surface area contributed by atoms with E-state index in [-0.39, 0.29) is 5.92 Å². The number of likely N-dealkylation sites (tertiary alicyclic amines) is 1.